The topological polar surface area (TPSA) is 60.2 Å². The second-order valence-electron chi connectivity index (χ2n) is 3.30. The van der Waals surface area contributed by atoms with Gasteiger partial charge in [0.15, 0.2) is 5.78 Å². The van der Waals surface area contributed by atoms with Gasteiger partial charge < -0.3 is 5.73 Å². The number of rotatable bonds is 4. The van der Waals surface area contributed by atoms with Crippen LogP contribution in [0.2, 0.25) is 0 Å². The number of primary amides is 1. The van der Waals surface area contributed by atoms with Gasteiger partial charge in [0, 0.05) is 5.56 Å². The number of carbonyl (C=O) groups excluding carboxylic acids is 2. The first kappa shape index (κ1) is 11.7. The third kappa shape index (κ3) is 2.80. The van der Waals surface area contributed by atoms with E-state index >= 15 is 0 Å². The second kappa shape index (κ2) is 4.94. The average Bonchev–Trinajstić information content (AvgIpc) is 2.27. The van der Waals surface area contributed by atoms with Gasteiger partial charge in [-0.2, -0.15) is 0 Å². The van der Waals surface area contributed by atoms with Gasteiger partial charge in [-0.25, -0.2) is 0 Å². The molecule has 0 spiro atoms. The number of carbonyl (C=O) groups is 2. The van der Waals surface area contributed by atoms with Gasteiger partial charge in [0.25, 0.3) is 0 Å². The zero-order valence-electron chi connectivity index (χ0n) is 8.37. The van der Waals surface area contributed by atoms with Crippen LogP contribution in [-0.2, 0) is 4.79 Å². The minimum absolute atomic E-state index is 0.0370. The van der Waals surface area contributed by atoms with Crippen LogP contribution in [0.4, 0.5) is 0 Å². The predicted octanol–water partition coefficient (Wildman–Crippen LogP) is 1.70. The highest BCUT2D eigenvalue weighted by molar-refractivity contribution is 6.30. The Morgan fingerprint density at radius 2 is 1.87 bits per heavy atom. The molecule has 1 aromatic carbocycles. The zero-order chi connectivity index (χ0) is 11.4. The van der Waals surface area contributed by atoms with Gasteiger partial charge in [-0.05, 0) is 12.5 Å². The lowest BCUT2D eigenvalue weighted by atomic mass is 9.99. The maximum absolute atomic E-state index is 11.2. The number of alkyl halides is 1. The molecular weight excluding hydrogens is 214 g/mol. The van der Waals surface area contributed by atoms with Crippen molar-refractivity contribution < 1.29 is 9.59 Å². The first-order chi connectivity index (χ1) is 7.06. The molecule has 1 atom stereocenters. The SMILES string of the molecule is CC(C(N)=O)c1ccc(C(=O)CCl)cc1. The summed E-state index contributed by atoms with van der Waals surface area (Å²) in [5.74, 6) is -0.892. The van der Waals surface area contributed by atoms with Crippen LogP contribution in [-0.4, -0.2) is 17.6 Å². The fourth-order valence-corrected chi connectivity index (χ4v) is 1.35. The van der Waals surface area contributed by atoms with E-state index in [1.54, 1.807) is 31.2 Å². The van der Waals surface area contributed by atoms with Crippen LogP contribution in [0.5, 0.6) is 0 Å². The molecule has 3 nitrogen and oxygen atoms in total. The smallest absolute Gasteiger partial charge is 0.224 e. The van der Waals surface area contributed by atoms with E-state index in [0.29, 0.717) is 5.56 Å². The van der Waals surface area contributed by atoms with Crippen LogP contribution in [0.15, 0.2) is 24.3 Å². The fourth-order valence-electron chi connectivity index (χ4n) is 1.20. The molecule has 0 aliphatic rings. The highest BCUT2D eigenvalue weighted by Crippen LogP contribution is 2.15. The van der Waals surface area contributed by atoms with Crippen molar-refractivity contribution in [1.82, 2.24) is 0 Å². The van der Waals surface area contributed by atoms with Gasteiger partial charge in [0.05, 0.1) is 11.8 Å². The van der Waals surface area contributed by atoms with Crippen molar-refractivity contribution in [2.45, 2.75) is 12.8 Å². The molecule has 1 unspecified atom stereocenters. The maximum atomic E-state index is 11.2. The first-order valence-corrected chi connectivity index (χ1v) is 5.08. The monoisotopic (exact) mass is 225 g/mol. The summed E-state index contributed by atoms with van der Waals surface area (Å²) in [7, 11) is 0. The van der Waals surface area contributed by atoms with E-state index in [4.69, 9.17) is 17.3 Å². The molecule has 0 heterocycles. The number of halogens is 1. The van der Waals surface area contributed by atoms with E-state index in [2.05, 4.69) is 0 Å². The van der Waals surface area contributed by atoms with Crippen molar-refractivity contribution in [3.05, 3.63) is 35.4 Å². The van der Waals surface area contributed by atoms with E-state index in [1.807, 2.05) is 0 Å². The van der Waals surface area contributed by atoms with Crippen LogP contribution >= 0.6 is 11.6 Å². The molecule has 0 aliphatic carbocycles. The molecule has 0 aromatic heterocycles. The van der Waals surface area contributed by atoms with Gasteiger partial charge in [-0.15, -0.1) is 11.6 Å². The maximum Gasteiger partial charge on any atom is 0.224 e. The van der Waals surface area contributed by atoms with Gasteiger partial charge in [0.1, 0.15) is 0 Å². The molecule has 0 saturated heterocycles. The Hall–Kier alpha value is -1.35. The minimum Gasteiger partial charge on any atom is -0.369 e. The lowest BCUT2D eigenvalue weighted by molar-refractivity contribution is -0.119. The number of amides is 1. The number of ketones is 1. The van der Waals surface area contributed by atoms with Crippen molar-refractivity contribution in [2.75, 3.05) is 5.88 Å². The molecule has 0 fully saturated rings. The summed E-state index contributed by atoms with van der Waals surface area (Å²) < 4.78 is 0. The third-order valence-corrected chi connectivity index (χ3v) is 2.52. The van der Waals surface area contributed by atoms with Crippen LogP contribution in [0.1, 0.15) is 28.8 Å². The average molecular weight is 226 g/mol. The van der Waals surface area contributed by atoms with Crippen LogP contribution < -0.4 is 5.73 Å². The molecule has 0 bridgehead atoms. The molecule has 0 aliphatic heterocycles. The Morgan fingerprint density at radius 3 is 2.27 bits per heavy atom. The third-order valence-electron chi connectivity index (χ3n) is 2.28. The minimum atomic E-state index is -0.383. The van der Waals surface area contributed by atoms with Crippen molar-refractivity contribution in [3.63, 3.8) is 0 Å². The summed E-state index contributed by atoms with van der Waals surface area (Å²) >= 11 is 5.42. The van der Waals surface area contributed by atoms with Crippen molar-refractivity contribution in [3.8, 4) is 0 Å². The molecule has 2 N–H and O–H groups in total. The zero-order valence-corrected chi connectivity index (χ0v) is 9.12. The molecule has 1 aromatic rings. The van der Waals surface area contributed by atoms with E-state index in [-0.39, 0.29) is 23.5 Å². The lowest BCUT2D eigenvalue weighted by Gasteiger charge is -2.07. The Labute approximate surface area is 93.2 Å². The van der Waals surface area contributed by atoms with E-state index in [9.17, 15) is 9.59 Å². The van der Waals surface area contributed by atoms with Crippen molar-refractivity contribution in [2.24, 2.45) is 5.73 Å². The van der Waals surface area contributed by atoms with Gasteiger partial charge >= 0.3 is 0 Å². The number of hydrogen-bond donors (Lipinski definition) is 1. The summed E-state index contributed by atoms with van der Waals surface area (Å²) in [5.41, 5.74) is 6.51. The quantitative estimate of drug-likeness (QED) is 0.626. The molecule has 0 saturated carbocycles. The van der Waals surface area contributed by atoms with Crippen molar-refractivity contribution >= 4 is 23.3 Å². The molecule has 15 heavy (non-hydrogen) atoms. The number of Topliss-reactive ketones (excluding diaryl/α,β-unsaturated/α-hetero) is 1. The normalized spacial score (nSPS) is 12.1. The van der Waals surface area contributed by atoms with E-state index in [1.165, 1.54) is 0 Å². The fraction of sp³-hybridized carbons (Fsp3) is 0.273. The van der Waals surface area contributed by atoms with Crippen LogP contribution in [0.3, 0.4) is 0 Å². The highest BCUT2D eigenvalue weighted by Gasteiger charge is 2.12. The van der Waals surface area contributed by atoms with E-state index < -0.39 is 0 Å². The number of nitrogens with two attached hydrogens (primary N) is 1. The molecule has 1 rings (SSSR count). The molecule has 1 amide bonds. The summed E-state index contributed by atoms with van der Waals surface area (Å²) in [6, 6.07) is 6.74. The van der Waals surface area contributed by atoms with Crippen molar-refractivity contribution in [1.29, 1.82) is 0 Å². The van der Waals surface area contributed by atoms with E-state index in [0.717, 1.165) is 5.56 Å². The number of benzene rings is 1. The summed E-state index contributed by atoms with van der Waals surface area (Å²) in [6.45, 7) is 1.72. The largest absolute Gasteiger partial charge is 0.369 e. The van der Waals surface area contributed by atoms with Gasteiger partial charge in [0.2, 0.25) is 5.91 Å². The molecule has 4 heteroatoms. The Morgan fingerprint density at radius 1 is 1.33 bits per heavy atom. The number of hydrogen-bond acceptors (Lipinski definition) is 2. The Kier molecular flexibility index (Phi) is 3.86. The van der Waals surface area contributed by atoms with Gasteiger partial charge in [-0.1, -0.05) is 24.3 Å². The van der Waals surface area contributed by atoms with Crippen LogP contribution in [0.25, 0.3) is 0 Å². The Bertz CT molecular complexity index is 373. The molecule has 0 radical (unpaired) electrons. The summed E-state index contributed by atoms with van der Waals surface area (Å²) in [5, 5.41) is 0. The molecule has 80 valence electrons. The van der Waals surface area contributed by atoms with Gasteiger partial charge in [-0.3, -0.25) is 9.59 Å². The standard InChI is InChI=1S/C11H12ClNO2/c1-7(11(13)15)8-2-4-9(5-3-8)10(14)6-12/h2-5,7H,6H2,1H3,(H2,13,15). The van der Waals surface area contributed by atoms with Crippen LogP contribution in [0, 0.1) is 0 Å². The lowest BCUT2D eigenvalue weighted by Crippen LogP contribution is -2.18. The first-order valence-electron chi connectivity index (χ1n) is 4.54. The predicted molar refractivity (Wildman–Crippen MR) is 59.1 cm³/mol. The summed E-state index contributed by atoms with van der Waals surface area (Å²) in [6.07, 6.45) is 0. The molecular formula is C11H12ClNO2. The second-order valence-corrected chi connectivity index (χ2v) is 3.57. The highest BCUT2D eigenvalue weighted by atomic mass is 35.5. The Balaban J connectivity index is 2.90. The summed E-state index contributed by atoms with van der Waals surface area (Å²) in [4.78, 5) is 22.1.